The number of amides is 1. The fourth-order valence-corrected chi connectivity index (χ4v) is 4.56. The summed E-state index contributed by atoms with van der Waals surface area (Å²) >= 11 is 0. The van der Waals surface area contributed by atoms with Crippen LogP contribution in [0, 0.1) is 23.2 Å². The SMILES string of the molecule is N#C[C@@H](N[C@@H](CO)c1ccccc1)[C@H]1[C@H](C(=O)N2CCOCC2)[C@H]1c1ccccc1. The number of hydrogen-bond acceptors (Lipinski definition) is 5. The average Bonchev–Trinajstić information content (AvgIpc) is 3.56. The van der Waals surface area contributed by atoms with Crippen molar-refractivity contribution >= 4 is 5.91 Å². The number of morpholine rings is 1. The van der Waals surface area contributed by atoms with E-state index in [-0.39, 0.29) is 36.3 Å². The van der Waals surface area contributed by atoms with Crippen molar-refractivity contribution in [1.82, 2.24) is 10.2 Å². The number of aliphatic hydroxyl groups excluding tert-OH is 1. The van der Waals surface area contributed by atoms with E-state index in [0.717, 1.165) is 11.1 Å². The average molecular weight is 405 g/mol. The van der Waals surface area contributed by atoms with Crippen molar-refractivity contribution in [3.05, 3.63) is 71.8 Å². The van der Waals surface area contributed by atoms with E-state index in [1.807, 2.05) is 65.6 Å². The second-order valence-electron chi connectivity index (χ2n) is 7.90. The molecule has 5 atom stereocenters. The minimum absolute atomic E-state index is 0.00573. The lowest BCUT2D eigenvalue weighted by Gasteiger charge is -2.27. The largest absolute Gasteiger partial charge is 0.394 e. The van der Waals surface area contributed by atoms with Crippen LogP contribution in [0.4, 0.5) is 0 Å². The second kappa shape index (κ2) is 9.40. The Morgan fingerprint density at radius 2 is 1.77 bits per heavy atom. The van der Waals surface area contributed by atoms with E-state index in [1.165, 1.54) is 0 Å². The summed E-state index contributed by atoms with van der Waals surface area (Å²) in [5.74, 6) is -0.281. The number of benzene rings is 2. The zero-order chi connectivity index (χ0) is 20.9. The zero-order valence-corrected chi connectivity index (χ0v) is 16.9. The number of carbonyl (C=O) groups is 1. The van der Waals surface area contributed by atoms with Crippen molar-refractivity contribution in [2.24, 2.45) is 11.8 Å². The molecular formula is C24H27N3O3. The summed E-state index contributed by atoms with van der Waals surface area (Å²) in [5.41, 5.74) is 2.00. The van der Waals surface area contributed by atoms with Crippen LogP contribution in [0.15, 0.2) is 60.7 Å². The van der Waals surface area contributed by atoms with E-state index in [9.17, 15) is 15.2 Å². The minimum Gasteiger partial charge on any atom is -0.394 e. The number of hydrogen-bond donors (Lipinski definition) is 2. The first kappa shape index (κ1) is 20.5. The van der Waals surface area contributed by atoms with Gasteiger partial charge in [0.1, 0.15) is 6.04 Å². The van der Waals surface area contributed by atoms with Crippen LogP contribution in [0.5, 0.6) is 0 Å². The van der Waals surface area contributed by atoms with Crippen LogP contribution < -0.4 is 5.32 Å². The molecule has 0 spiro atoms. The third-order valence-corrected chi connectivity index (χ3v) is 6.16. The molecule has 30 heavy (non-hydrogen) atoms. The van der Waals surface area contributed by atoms with Crippen LogP contribution in [-0.2, 0) is 9.53 Å². The third kappa shape index (κ3) is 4.24. The van der Waals surface area contributed by atoms with Crippen molar-refractivity contribution in [2.75, 3.05) is 32.9 Å². The van der Waals surface area contributed by atoms with Crippen LogP contribution in [0.1, 0.15) is 23.1 Å². The van der Waals surface area contributed by atoms with Crippen molar-refractivity contribution in [1.29, 1.82) is 5.26 Å². The molecule has 1 aliphatic heterocycles. The fourth-order valence-electron chi connectivity index (χ4n) is 4.56. The Kier molecular flexibility index (Phi) is 6.44. The predicted molar refractivity (Wildman–Crippen MR) is 112 cm³/mol. The number of ether oxygens (including phenoxy) is 1. The van der Waals surface area contributed by atoms with Crippen molar-refractivity contribution in [3.63, 3.8) is 0 Å². The summed E-state index contributed by atoms with van der Waals surface area (Å²) in [6, 6.07) is 21.0. The third-order valence-electron chi connectivity index (χ3n) is 6.16. The topological polar surface area (TPSA) is 85.6 Å². The molecule has 156 valence electrons. The lowest BCUT2D eigenvalue weighted by molar-refractivity contribution is -0.137. The molecule has 2 N–H and O–H groups in total. The molecule has 6 heteroatoms. The zero-order valence-electron chi connectivity index (χ0n) is 16.9. The Labute approximate surface area is 177 Å². The standard InChI is InChI=1S/C24H27N3O3/c25-15-19(26-20(16-28)17-7-3-1-4-8-17)22-21(18-9-5-2-6-10-18)23(22)24(29)27-11-13-30-14-12-27/h1-10,19-23,26,28H,11-14,16H2/t19-,20+,21+,22-,23-/m1/s1. The molecule has 0 aromatic heterocycles. The molecular weight excluding hydrogens is 378 g/mol. The van der Waals surface area contributed by atoms with Gasteiger partial charge >= 0.3 is 0 Å². The molecule has 6 nitrogen and oxygen atoms in total. The lowest BCUT2D eigenvalue weighted by Crippen LogP contribution is -2.43. The minimum atomic E-state index is -0.539. The molecule has 1 aliphatic carbocycles. The van der Waals surface area contributed by atoms with E-state index in [4.69, 9.17) is 4.74 Å². The van der Waals surface area contributed by atoms with Gasteiger partial charge in [0.2, 0.25) is 5.91 Å². The maximum Gasteiger partial charge on any atom is 0.226 e. The van der Waals surface area contributed by atoms with Crippen LogP contribution in [-0.4, -0.2) is 54.9 Å². The van der Waals surface area contributed by atoms with Gasteiger partial charge in [-0.15, -0.1) is 0 Å². The molecule has 1 saturated carbocycles. The number of aliphatic hydroxyl groups is 1. The van der Waals surface area contributed by atoms with Gasteiger partial charge in [-0.05, 0) is 11.1 Å². The first-order valence-corrected chi connectivity index (χ1v) is 10.5. The van der Waals surface area contributed by atoms with Crippen LogP contribution in [0.2, 0.25) is 0 Å². The van der Waals surface area contributed by atoms with Gasteiger partial charge in [-0.3, -0.25) is 10.1 Å². The highest BCUT2D eigenvalue weighted by Gasteiger charge is 2.60. The Bertz CT molecular complexity index is 878. The normalized spacial score (nSPS) is 25.2. The van der Waals surface area contributed by atoms with Crippen LogP contribution in [0.3, 0.4) is 0 Å². The van der Waals surface area contributed by atoms with Crippen LogP contribution >= 0.6 is 0 Å². The summed E-state index contributed by atoms with van der Waals surface area (Å²) in [7, 11) is 0. The molecule has 2 fully saturated rings. The number of rotatable bonds is 7. The smallest absolute Gasteiger partial charge is 0.226 e. The Morgan fingerprint density at radius 3 is 2.37 bits per heavy atom. The monoisotopic (exact) mass is 405 g/mol. The summed E-state index contributed by atoms with van der Waals surface area (Å²) in [6.45, 7) is 2.18. The molecule has 2 aromatic rings. The Balaban J connectivity index is 1.56. The molecule has 1 heterocycles. The first-order chi connectivity index (χ1) is 14.7. The van der Waals surface area contributed by atoms with Crippen molar-refractivity contribution in [3.8, 4) is 6.07 Å². The van der Waals surface area contributed by atoms with Gasteiger partial charge in [-0.25, -0.2) is 0 Å². The van der Waals surface area contributed by atoms with Gasteiger partial charge in [0, 0.05) is 24.9 Å². The quantitative estimate of drug-likeness (QED) is 0.737. The molecule has 0 radical (unpaired) electrons. The number of nitrogens with one attached hydrogen (secondary N) is 1. The molecule has 0 bridgehead atoms. The molecule has 2 aliphatic rings. The highest BCUT2D eigenvalue weighted by molar-refractivity contribution is 5.84. The highest BCUT2D eigenvalue weighted by atomic mass is 16.5. The van der Waals surface area contributed by atoms with Gasteiger partial charge in [0.05, 0.1) is 37.8 Å². The number of carbonyl (C=O) groups excluding carboxylic acids is 1. The van der Waals surface area contributed by atoms with E-state index >= 15 is 0 Å². The molecule has 4 rings (SSSR count). The summed E-state index contributed by atoms with van der Waals surface area (Å²) in [4.78, 5) is 15.1. The van der Waals surface area contributed by atoms with E-state index < -0.39 is 6.04 Å². The fraction of sp³-hybridized carbons (Fsp3) is 0.417. The van der Waals surface area contributed by atoms with Crippen molar-refractivity contribution < 1.29 is 14.6 Å². The van der Waals surface area contributed by atoms with E-state index in [1.54, 1.807) is 0 Å². The van der Waals surface area contributed by atoms with Gasteiger partial charge in [0.15, 0.2) is 0 Å². The maximum absolute atomic E-state index is 13.3. The lowest BCUT2D eigenvalue weighted by atomic mass is 10.0. The highest BCUT2D eigenvalue weighted by Crippen LogP contribution is 2.56. The number of nitriles is 1. The Hall–Kier alpha value is -2.72. The molecule has 1 amide bonds. The van der Waals surface area contributed by atoms with Crippen LogP contribution in [0.25, 0.3) is 0 Å². The molecule has 0 unspecified atom stereocenters. The van der Waals surface area contributed by atoms with E-state index in [2.05, 4.69) is 11.4 Å². The van der Waals surface area contributed by atoms with E-state index in [0.29, 0.717) is 26.3 Å². The summed E-state index contributed by atoms with van der Waals surface area (Å²) in [5, 5.41) is 23.2. The molecule has 2 aromatic carbocycles. The molecule has 1 saturated heterocycles. The van der Waals surface area contributed by atoms with Gasteiger partial charge < -0.3 is 14.7 Å². The first-order valence-electron chi connectivity index (χ1n) is 10.5. The van der Waals surface area contributed by atoms with Gasteiger partial charge in [-0.1, -0.05) is 60.7 Å². The van der Waals surface area contributed by atoms with Gasteiger partial charge in [0.25, 0.3) is 0 Å². The number of nitrogens with zero attached hydrogens (tertiary/aromatic N) is 2. The maximum atomic E-state index is 13.3. The second-order valence-corrected chi connectivity index (χ2v) is 7.90. The summed E-state index contributed by atoms with van der Waals surface area (Å²) in [6.07, 6.45) is 0. The predicted octanol–water partition coefficient (Wildman–Crippen LogP) is 2.09. The van der Waals surface area contributed by atoms with Gasteiger partial charge in [-0.2, -0.15) is 5.26 Å². The summed E-state index contributed by atoms with van der Waals surface area (Å²) < 4.78 is 5.39. The Morgan fingerprint density at radius 1 is 1.13 bits per heavy atom. The van der Waals surface area contributed by atoms with Crippen molar-refractivity contribution in [2.45, 2.75) is 18.0 Å².